The van der Waals surface area contributed by atoms with Gasteiger partial charge in [-0.1, -0.05) is 0 Å². The van der Waals surface area contributed by atoms with Gasteiger partial charge in [0.05, 0.1) is 31.6 Å². The number of aromatic amines is 1. The molecule has 2 aliphatic rings. The van der Waals surface area contributed by atoms with Crippen LogP contribution in [-0.2, 0) is 22.5 Å². The molecule has 0 aliphatic carbocycles. The van der Waals surface area contributed by atoms with E-state index in [0.29, 0.717) is 38.5 Å². The Labute approximate surface area is 149 Å². The molecule has 26 heavy (non-hydrogen) atoms. The van der Waals surface area contributed by atoms with Crippen LogP contribution in [0.5, 0.6) is 5.88 Å². The van der Waals surface area contributed by atoms with Crippen LogP contribution in [0.2, 0.25) is 0 Å². The third-order valence-electron chi connectivity index (χ3n) is 4.57. The Morgan fingerprint density at radius 2 is 2.27 bits per heavy atom. The smallest absolute Gasteiger partial charge is 0.410 e. The first kappa shape index (κ1) is 16.4. The number of fused-ring (bicyclic) bond motifs is 1. The number of amides is 2. The maximum Gasteiger partial charge on any atom is 0.410 e. The van der Waals surface area contributed by atoms with E-state index in [9.17, 15) is 9.59 Å². The van der Waals surface area contributed by atoms with Gasteiger partial charge in [-0.2, -0.15) is 0 Å². The van der Waals surface area contributed by atoms with Crippen LogP contribution in [0.1, 0.15) is 11.4 Å². The largest absolute Gasteiger partial charge is 0.481 e. The van der Waals surface area contributed by atoms with E-state index in [-0.39, 0.29) is 12.5 Å². The van der Waals surface area contributed by atoms with Crippen LogP contribution in [0.15, 0.2) is 18.3 Å². The van der Waals surface area contributed by atoms with Crippen LogP contribution in [0.25, 0.3) is 11.4 Å². The van der Waals surface area contributed by atoms with Crippen molar-refractivity contribution in [2.75, 3.05) is 33.4 Å². The number of cyclic esters (lactones) is 1. The van der Waals surface area contributed by atoms with Crippen molar-refractivity contribution in [1.82, 2.24) is 24.8 Å². The highest BCUT2D eigenvalue weighted by Crippen LogP contribution is 2.23. The molecule has 1 fully saturated rings. The first-order chi connectivity index (χ1) is 12.6. The first-order valence-electron chi connectivity index (χ1n) is 8.41. The van der Waals surface area contributed by atoms with Crippen molar-refractivity contribution in [3.05, 3.63) is 29.7 Å². The molecule has 1 saturated heterocycles. The molecule has 2 aromatic rings. The van der Waals surface area contributed by atoms with Crippen molar-refractivity contribution in [2.45, 2.75) is 13.0 Å². The van der Waals surface area contributed by atoms with E-state index < -0.39 is 6.09 Å². The second-order valence-electron chi connectivity index (χ2n) is 6.20. The Morgan fingerprint density at radius 3 is 2.96 bits per heavy atom. The molecule has 0 bridgehead atoms. The lowest BCUT2D eigenvalue weighted by molar-refractivity contribution is -0.132. The molecule has 0 aromatic carbocycles. The summed E-state index contributed by atoms with van der Waals surface area (Å²) in [5.74, 6) is 1.18. The van der Waals surface area contributed by atoms with Gasteiger partial charge in [0.15, 0.2) is 0 Å². The number of nitrogens with zero attached hydrogens (tertiary/aromatic N) is 4. The summed E-state index contributed by atoms with van der Waals surface area (Å²) >= 11 is 0. The minimum absolute atomic E-state index is 0.0531. The number of ether oxygens (including phenoxy) is 2. The lowest BCUT2D eigenvalue weighted by Crippen LogP contribution is -2.43. The third kappa shape index (κ3) is 3.07. The number of nitrogens with one attached hydrogen (secondary N) is 1. The van der Waals surface area contributed by atoms with Gasteiger partial charge in [0.25, 0.3) is 0 Å². The fraction of sp³-hybridized carbons (Fsp3) is 0.412. The molecule has 1 N–H and O–H groups in total. The van der Waals surface area contributed by atoms with Crippen molar-refractivity contribution in [2.24, 2.45) is 0 Å². The predicted octanol–water partition coefficient (Wildman–Crippen LogP) is 0.817. The zero-order valence-electron chi connectivity index (χ0n) is 14.4. The van der Waals surface area contributed by atoms with E-state index in [4.69, 9.17) is 9.47 Å². The number of carbonyl (C=O) groups is 2. The van der Waals surface area contributed by atoms with Gasteiger partial charge in [0, 0.05) is 30.8 Å². The number of carbonyl (C=O) groups excluding carboxylic acids is 2. The molecule has 136 valence electrons. The molecule has 0 spiro atoms. The quantitative estimate of drug-likeness (QED) is 0.869. The second-order valence-corrected chi connectivity index (χ2v) is 6.20. The topological polar surface area (TPSA) is 101 Å². The highest BCUT2D eigenvalue weighted by atomic mass is 16.6. The summed E-state index contributed by atoms with van der Waals surface area (Å²) in [5, 5.41) is 0. The number of H-pyrrole nitrogens is 1. The summed E-state index contributed by atoms with van der Waals surface area (Å²) in [6.07, 6.45) is 1.95. The summed E-state index contributed by atoms with van der Waals surface area (Å²) in [5.41, 5.74) is 2.73. The molecule has 0 unspecified atom stereocenters. The monoisotopic (exact) mass is 357 g/mol. The summed E-state index contributed by atoms with van der Waals surface area (Å²) in [4.78, 5) is 39.2. The van der Waals surface area contributed by atoms with Crippen molar-refractivity contribution in [3.8, 4) is 17.3 Å². The van der Waals surface area contributed by atoms with Gasteiger partial charge < -0.3 is 19.4 Å². The number of pyridine rings is 1. The molecule has 2 aromatic heterocycles. The average molecular weight is 357 g/mol. The van der Waals surface area contributed by atoms with Crippen LogP contribution in [0.3, 0.4) is 0 Å². The number of hydrogen-bond acceptors (Lipinski definition) is 6. The Hall–Kier alpha value is -3.10. The minimum atomic E-state index is -0.424. The van der Waals surface area contributed by atoms with Gasteiger partial charge in [-0.3, -0.25) is 9.69 Å². The van der Waals surface area contributed by atoms with E-state index in [1.807, 2.05) is 6.07 Å². The molecular weight excluding hydrogens is 338 g/mol. The number of methoxy groups -OCH3 is 1. The summed E-state index contributed by atoms with van der Waals surface area (Å²) in [6.45, 7) is 1.89. The van der Waals surface area contributed by atoms with E-state index in [0.717, 1.165) is 22.8 Å². The molecule has 0 atom stereocenters. The van der Waals surface area contributed by atoms with Crippen LogP contribution in [-0.4, -0.2) is 70.1 Å². The predicted molar refractivity (Wildman–Crippen MR) is 90.4 cm³/mol. The zero-order valence-corrected chi connectivity index (χ0v) is 14.4. The maximum absolute atomic E-state index is 12.5. The third-order valence-corrected chi connectivity index (χ3v) is 4.57. The Bertz CT molecular complexity index is 832. The van der Waals surface area contributed by atoms with Gasteiger partial charge in [0.1, 0.15) is 19.0 Å². The van der Waals surface area contributed by atoms with E-state index in [2.05, 4.69) is 15.0 Å². The van der Waals surface area contributed by atoms with Gasteiger partial charge in [-0.15, -0.1) is 0 Å². The molecule has 0 saturated carbocycles. The van der Waals surface area contributed by atoms with Gasteiger partial charge in [0.2, 0.25) is 11.8 Å². The zero-order chi connectivity index (χ0) is 18.1. The Kier molecular flexibility index (Phi) is 4.19. The summed E-state index contributed by atoms with van der Waals surface area (Å²) in [7, 11) is 1.57. The highest BCUT2D eigenvalue weighted by molar-refractivity contribution is 5.83. The Balaban J connectivity index is 1.45. The normalized spacial score (nSPS) is 16.4. The summed E-state index contributed by atoms with van der Waals surface area (Å²) < 4.78 is 9.93. The van der Waals surface area contributed by atoms with Crippen LogP contribution in [0, 0.1) is 0 Å². The molecule has 2 aliphatic heterocycles. The first-order valence-corrected chi connectivity index (χ1v) is 8.41. The maximum atomic E-state index is 12.5. The van der Waals surface area contributed by atoms with Crippen LogP contribution in [0.4, 0.5) is 4.79 Å². The van der Waals surface area contributed by atoms with Gasteiger partial charge in [-0.25, -0.2) is 14.8 Å². The molecule has 9 heteroatoms. The van der Waals surface area contributed by atoms with Crippen molar-refractivity contribution in [3.63, 3.8) is 0 Å². The molecule has 0 radical (unpaired) electrons. The van der Waals surface area contributed by atoms with Gasteiger partial charge in [-0.05, 0) is 6.07 Å². The average Bonchev–Trinajstić information content (AvgIpc) is 3.27. The Morgan fingerprint density at radius 1 is 1.38 bits per heavy atom. The van der Waals surface area contributed by atoms with Crippen LogP contribution >= 0.6 is 0 Å². The molecule has 4 rings (SSSR count). The summed E-state index contributed by atoms with van der Waals surface area (Å²) in [6, 6.07) is 3.67. The molecule has 9 nitrogen and oxygen atoms in total. The lowest BCUT2D eigenvalue weighted by atomic mass is 10.1. The van der Waals surface area contributed by atoms with Crippen molar-refractivity contribution in [1.29, 1.82) is 0 Å². The van der Waals surface area contributed by atoms with Crippen LogP contribution < -0.4 is 4.74 Å². The van der Waals surface area contributed by atoms with E-state index in [1.165, 1.54) is 4.90 Å². The van der Waals surface area contributed by atoms with Gasteiger partial charge >= 0.3 is 6.09 Å². The lowest BCUT2D eigenvalue weighted by Gasteiger charge is -2.27. The minimum Gasteiger partial charge on any atom is -0.481 e. The SMILES string of the molecule is COc1ccc(-c2nc3c([nH]2)CN(C(=O)CN2CCOC2=O)CC3)cn1. The number of imidazole rings is 1. The van der Waals surface area contributed by atoms with Crippen molar-refractivity contribution < 1.29 is 19.1 Å². The van der Waals surface area contributed by atoms with E-state index in [1.54, 1.807) is 24.3 Å². The number of hydrogen-bond donors (Lipinski definition) is 1. The molecular formula is C17H19N5O4. The second kappa shape index (κ2) is 6.66. The molecule has 4 heterocycles. The highest BCUT2D eigenvalue weighted by Gasteiger charge is 2.29. The number of aromatic nitrogens is 3. The molecule has 2 amide bonds. The van der Waals surface area contributed by atoms with Crippen molar-refractivity contribution >= 4 is 12.0 Å². The standard InChI is InChI=1S/C17H19N5O4/c1-25-14-3-2-11(8-18-14)16-19-12-4-5-21(9-13(12)20-16)15(23)10-22-6-7-26-17(22)24/h2-3,8H,4-7,9-10H2,1H3,(H,19,20). The van der Waals surface area contributed by atoms with E-state index >= 15 is 0 Å². The fourth-order valence-electron chi connectivity index (χ4n) is 3.12. The fourth-order valence-corrected chi connectivity index (χ4v) is 3.12. The number of rotatable bonds is 4.